The Morgan fingerprint density at radius 2 is 2.00 bits per heavy atom. The number of nitrogens with zero attached hydrogens (tertiary/aromatic N) is 2. The first kappa shape index (κ1) is 15.8. The van der Waals surface area contributed by atoms with Gasteiger partial charge in [-0.15, -0.1) is 0 Å². The highest BCUT2D eigenvalue weighted by Crippen LogP contribution is 2.01. The standard InChI is InChI=1S/C14H24N4O3/c1-11-12(2)18(14(20)16-11)5-3-13(19)15-4-6-17-7-9-21-10-8-17/h3-10H2,1-2H3,(H,15,19)(H,16,20). The van der Waals surface area contributed by atoms with Crippen LogP contribution in [0, 0.1) is 13.8 Å². The van der Waals surface area contributed by atoms with Crippen molar-refractivity contribution >= 4 is 5.91 Å². The number of hydrogen-bond acceptors (Lipinski definition) is 4. The Labute approximate surface area is 124 Å². The van der Waals surface area contributed by atoms with E-state index in [2.05, 4.69) is 15.2 Å². The Hall–Kier alpha value is -1.60. The molecule has 7 heteroatoms. The molecule has 0 aromatic carbocycles. The zero-order valence-electron chi connectivity index (χ0n) is 12.8. The topological polar surface area (TPSA) is 79.4 Å². The zero-order chi connectivity index (χ0) is 15.2. The summed E-state index contributed by atoms with van der Waals surface area (Å²) in [4.78, 5) is 28.5. The molecule has 2 heterocycles. The normalized spacial score (nSPS) is 16.1. The van der Waals surface area contributed by atoms with Crippen molar-refractivity contribution < 1.29 is 9.53 Å². The molecule has 0 aliphatic carbocycles. The van der Waals surface area contributed by atoms with Gasteiger partial charge in [0.1, 0.15) is 0 Å². The molecule has 0 unspecified atom stereocenters. The van der Waals surface area contributed by atoms with Crippen LogP contribution in [0.2, 0.25) is 0 Å². The highest BCUT2D eigenvalue weighted by molar-refractivity contribution is 5.75. The number of nitrogens with one attached hydrogen (secondary N) is 2. The maximum absolute atomic E-state index is 11.8. The van der Waals surface area contributed by atoms with E-state index in [9.17, 15) is 9.59 Å². The summed E-state index contributed by atoms with van der Waals surface area (Å²) in [6.45, 7) is 9.01. The van der Waals surface area contributed by atoms with Gasteiger partial charge in [0.05, 0.1) is 13.2 Å². The summed E-state index contributed by atoms with van der Waals surface area (Å²) in [5, 5.41) is 2.90. The number of carbonyl (C=O) groups excluding carboxylic acids is 1. The molecule has 1 aliphatic heterocycles. The van der Waals surface area contributed by atoms with Gasteiger partial charge in [-0.3, -0.25) is 14.3 Å². The third-order valence-corrected chi connectivity index (χ3v) is 3.90. The number of amides is 1. The number of ether oxygens (including phenoxy) is 1. The molecule has 1 amide bonds. The second-order valence-electron chi connectivity index (χ2n) is 5.35. The summed E-state index contributed by atoms with van der Waals surface area (Å²) in [7, 11) is 0. The molecule has 2 rings (SSSR count). The molecule has 1 saturated heterocycles. The number of hydrogen-bond donors (Lipinski definition) is 2. The molecular formula is C14H24N4O3. The van der Waals surface area contributed by atoms with Gasteiger partial charge in [-0.1, -0.05) is 0 Å². The number of imidazole rings is 1. The minimum absolute atomic E-state index is 0.0200. The monoisotopic (exact) mass is 296 g/mol. The lowest BCUT2D eigenvalue weighted by molar-refractivity contribution is -0.121. The summed E-state index contributed by atoms with van der Waals surface area (Å²) in [5.41, 5.74) is 1.60. The fourth-order valence-corrected chi connectivity index (χ4v) is 2.42. The fraction of sp³-hybridized carbons (Fsp3) is 0.714. The highest BCUT2D eigenvalue weighted by Gasteiger charge is 2.11. The smallest absolute Gasteiger partial charge is 0.325 e. The van der Waals surface area contributed by atoms with Crippen molar-refractivity contribution in [2.75, 3.05) is 39.4 Å². The predicted molar refractivity (Wildman–Crippen MR) is 79.4 cm³/mol. The molecule has 118 valence electrons. The first-order valence-electron chi connectivity index (χ1n) is 7.40. The van der Waals surface area contributed by atoms with Crippen LogP contribution in [0.5, 0.6) is 0 Å². The van der Waals surface area contributed by atoms with E-state index in [1.807, 2.05) is 13.8 Å². The van der Waals surface area contributed by atoms with Gasteiger partial charge in [-0.05, 0) is 13.8 Å². The number of aromatic nitrogens is 2. The second-order valence-corrected chi connectivity index (χ2v) is 5.35. The molecule has 1 aromatic rings. The van der Waals surface area contributed by atoms with Crippen molar-refractivity contribution in [1.29, 1.82) is 0 Å². The second kappa shape index (κ2) is 7.42. The van der Waals surface area contributed by atoms with Crippen LogP contribution >= 0.6 is 0 Å². The van der Waals surface area contributed by atoms with Crippen molar-refractivity contribution in [2.45, 2.75) is 26.8 Å². The lowest BCUT2D eigenvalue weighted by atomic mass is 10.3. The Morgan fingerprint density at radius 3 is 2.62 bits per heavy atom. The average Bonchev–Trinajstić information content (AvgIpc) is 2.71. The zero-order valence-corrected chi connectivity index (χ0v) is 12.8. The highest BCUT2D eigenvalue weighted by atomic mass is 16.5. The van der Waals surface area contributed by atoms with Crippen LogP contribution in [-0.2, 0) is 16.1 Å². The fourth-order valence-electron chi connectivity index (χ4n) is 2.42. The lowest BCUT2D eigenvalue weighted by Crippen LogP contribution is -2.41. The number of aryl methyl sites for hydroxylation is 1. The van der Waals surface area contributed by atoms with Crippen LogP contribution in [-0.4, -0.2) is 59.8 Å². The number of H-pyrrole nitrogens is 1. The molecule has 0 radical (unpaired) electrons. The molecule has 21 heavy (non-hydrogen) atoms. The number of aromatic amines is 1. The molecule has 2 N–H and O–H groups in total. The largest absolute Gasteiger partial charge is 0.379 e. The van der Waals surface area contributed by atoms with E-state index < -0.39 is 0 Å². The molecule has 0 atom stereocenters. The van der Waals surface area contributed by atoms with Gasteiger partial charge in [-0.2, -0.15) is 0 Å². The van der Waals surface area contributed by atoms with E-state index in [-0.39, 0.29) is 11.6 Å². The SMILES string of the molecule is Cc1[nH]c(=O)n(CCC(=O)NCCN2CCOCC2)c1C. The van der Waals surface area contributed by atoms with Crippen molar-refractivity contribution in [3.05, 3.63) is 21.9 Å². The van der Waals surface area contributed by atoms with Gasteiger partial charge in [0.2, 0.25) is 5.91 Å². The van der Waals surface area contributed by atoms with Gasteiger partial charge < -0.3 is 15.0 Å². The van der Waals surface area contributed by atoms with Gasteiger partial charge in [0.25, 0.3) is 0 Å². The summed E-state index contributed by atoms with van der Waals surface area (Å²) >= 11 is 0. The first-order chi connectivity index (χ1) is 10.1. The van der Waals surface area contributed by atoms with Gasteiger partial charge in [0, 0.05) is 50.5 Å². The third kappa shape index (κ3) is 4.44. The maximum Gasteiger partial charge on any atom is 0.325 e. The van der Waals surface area contributed by atoms with Crippen molar-refractivity contribution in [1.82, 2.24) is 19.8 Å². The summed E-state index contributed by atoms with van der Waals surface area (Å²) in [6.07, 6.45) is 0.321. The predicted octanol–water partition coefficient (Wildman–Crippen LogP) is -0.368. The van der Waals surface area contributed by atoms with Crippen molar-refractivity contribution in [2.24, 2.45) is 0 Å². The Kier molecular flexibility index (Phi) is 5.58. The van der Waals surface area contributed by atoms with Crippen molar-refractivity contribution in [3.63, 3.8) is 0 Å². The molecule has 0 spiro atoms. The average molecular weight is 296 g/mol. The number of rotatable bonds is 6. The molecule has 1 aliphatic rings. The van der Waals surface area contributed by atoms with Crippen LogP contribution in [0.15, 0.2) is 4.79 Å². The van der Waals surface area contributed by atoms with Crippen LogP contribution < -0.4 is 11.0 Å². The first-order valence-corrected chi connectivity index (χ1v) is 7.40. The maximum atomic E-state index is 11.8. The number of carbonyl (C=O) groups is 1. The molecule has 1 fully saturated rings. The van der Waals surface area contributed by atoms with Gasteiger partial charge in [-0.25, -0.2) is 4.79 Å². The summed E-state index contributed by atoms with van der Waals surface area (Å²) in [6, 6.07) is 0. The Morgan fingerprint density at radius 1 is 1.29 bits per heavy atom. The van der Waals surface area contributed by atoms with E-state index >= 15 is 0 Å². The summed E-state index contributed by atoms with van der Waals surface area (Å²) < 4.78 is 6.88. The molecular weight excluding hydrogens is 272 g/mol. The lowest BCUT2D eigenvalue weighted by Gasteiger charge is -2.26. The summed E-state index contributed by atoms with van der Waals surface area (Å²) in [5.74, 6) is -0.0200. The van der Waals surface area contributed by atoms with Crippen LogP contribution in [0.3, 0.4) is 0 Å². The van der Waals surface area contributed by atoms with E-state index in [1.165, 1.54) is 0 Å². The van der Waals surface area contributed by atoms with Crippen molar-refractivity contribution in [3.8, 4) is 0 Å². The van der Waals surface area contributed by atoms with E-state index in [4.69, 9.17) is 4.74 Å². The molecule has 0 bridgehead atoms. The Bertz CT molecular complexity index is 529. The van der Waals surface area contributed by atoms with Crippen LogP contribution in [0.1, 0.15) is 17.8 Å². The van der Waals surface area contributed by atoms with E-state index in [1.54, 1.807) is 4.57 Å². The molecule has 0 saturated carbocycles. The Balaban J connectivity index is 1.68. The third-order valence-electron chi connectivity index (χ3n) is 3.90. The quantitative estimate of drug-likeness (QED) is 0.751. The molecule has 1 aromatic heterocycles. The minimum atomic E-state index is -0.147. The van der Waals surface area contributed by atoms with Gasteiger partial charge >= 0.3 is 5.69 Å². The van der Waals surface area contributed by atoms with E-state index in [0.29, 0.717) is 19.5 Å². The number of morpholine rings is 1. The van der Waals surface area contributed by atoms with Gasteiger partial charge in [0.15, 0.2) is 0 Å². The molecule has 7 nitrogen and oxygen atoms in total. The minimum Gasteiger partial charge on any atom is -0.379 e. The van der Waals surface area contributed by atoms with Crippen LogP contribution in [0.4, 0.5) is 0 Å². The van der Waals surface area contributed by atoms with E-state index in [0.717, 1.165) is 44.2 Å². The van der Waals surface area contributed by atoms with Crippen LogP contribution in [0.25, 0.3) is 0 Å².